The Bertz CT molecular complexity index is 873. The fourth-order valence-electron chi connectivity index (χ4n) is 2.29. The van der Waals surface area contributed by atoms with E-state index >= 15 is 0 Å². The number of hydrogen-bond donors (Lipinski definition) is 2. The van der Waals surface area contributed by atoms with Gasteiger partial charge in [0, 0.05) is 22.9 Å². The van der Waals surface area contributed by atoms with Crippen molar-refractivity contribution in [3.05, 3.63) is 59.1 Å². The van der Waals surface area contributed by atoms with Crippen molar-refractivity contribution in [3.63, 3.8) is 0 Å². The first-order chi connectivity index (χ1) is 11.0. The Balaban J connectivity index is 1.77. The van der Waals surface area contributed by atoms with Gasteiger partial charge in [-0.3, -0.25) is 0 Å². The summed E-state index contributed by atoms with van der Waals surface area (Å²) in [5.41, 5.74) is 7.70. The molecule has 5 nitrogen and oxygen atoms in total. The predicted molar refractivity (Wildman–Crippen MR) is 92.8 cm³/mol. The topological polar surface area (TPSA) is 81.3 Å². The molecule has 118 valence electrons. The van der Waals surface area contributed by atoms with Gasteiger partial charge in [-0.2, -0.15) is 0 Å². The lowest BCUT2D eigenvalue weighted by molar-refractivity contribution is 0.306. The van der Waals surface area contributed by atoms with Gasteiger partial charge in [-0.25, -0.2) is 9.97 Å². The molecule has 0 radical (unpaired) electrons. The number of nitrogen functional groups attached to an aromatic ring is 1. The monoisotopic (exact) mass is 327 g/mol. The molecule has 0 spiro atoms. The number of aliphatic hydroxyl groups is 1. The summed E-state index contributed by atoms with van der Waals surface area (Å²) in [6, 6.07) is 5.88. The van der Waals surface area contributed by atoms with Gasteiger partial charge >= 0.3 is 0 Å². The van der Waals surface area contributed by atoms with Crippen molar-refractivity contribution in [2.24, 2.45) is 0 Å². The van der Waals surface area contributed by atoms with Crippen LogP contribution < -0.4 is 10.5 Å². The van der Waals surface area contributed by atoms with E-state index in [9.17, 15) is 5.11 Å². The lowest BCUT2D eigenvalue weighted by Crippen LogP contribution is -2.04. The van der Waals surface area contributed by atoms with Crippen LogP contribution in [0.4, 0.5) is 5.82 Å². The van der Waals surface area contributed by atoms with Crippen molar-refractivity contribution >= 4 is 27.2 Å². The molecular weight excluding hydrogens is 310 g/mol. The van der Waals surface area contributed by atoms with Gasteiger partial charge in [0.1, 0.15) is 24.0 Å². The minimum Gasteiger partial charge on any atom is -0.513 e. The largest absolute Gasteiger partial charge is 0.513 e. The van der Waals surface area contributed by atoms with Crippen LogP contribution in [0.15, 0.2) is 42.1 Å². The Morgan fingerprint density at radius 1 is 1.39 bits per heavy atom. The molecule has 0 amide bonds. The Morgan fingerprint density at radius 3 is 2.96 bits per heavy atom. The normalized spacial score (nSPS) is 10.8. The number of allylic oxidation sites excluding steroid dienone is 1. The molecule has 0 aliphatic heterocycles. The molecule has 3 N–H and O–H groups in total. The Morgan fingerprint density at radius 2 is 2.22 bits per heavy atom. The number of thiophene rings is 1. The van der Waals surface area contributed by atoms with E-state index in [4.69, 9.17) is 10.5 Å². The van der Waals surface area contributed by atoms with Crippen LogP contribution in [0.1, 0.15) is 17.0 Å². The lowest BCUT2D eigenvalue weighted by Gasteiger charge is -2.08. The molecule has 0 atom stereocenters. The highest BCUT2D eigenvalue weighted by Crippen LogP contribution is 2.31. The standard InChI is InChI=1S/C17H17N3O2S/c1-10(21)5-12-9-23-16-6-14(3-4-15(12)16)22-8-13-7-19-11(2)20-17(13)18/h3-4,6-7,9,21H,1,5,8H2,2H3,(H2,18,19,20). The molecule has 0 bridgehead atoms. The third kappa shape index (κ3) is 3.43. The van der Waals surface area contributed by atoms with E-state index in [1.807, 2.05) is 23.6 Å². The molecule has 6 heteroatoms. The average molecular weight is 327 g/mol. The fraction of sp³-hybridized carbons (Fsp3) is 0.176. The number of nitrogens with zero attached hydrogens (tertiary/aromatic N) is 2. The highest BCUT2D eigenvalue weighted by Gasteiger charge is 2.08. The van der Waals surface area contributed by atoms with Gasteiger partial charge < -0.3 is 15.6 Å². The van der Waals surface area contributed by atoms with E-state index < -0.39 is 0 Å². The number of fused-ring (bicyclic) bond motifs is 1. The molecule has 0 saturated heterocycles. The van der Waals surface area contributed by atoms with Gasteiger partial charge in [0.05, 0.1) is 5.76 Å². The minimum atomic E-state index is 0.167. The zero-order valence-corrected chi connectivity index (χ0v) is 13.6. The molecule has 0 aliphatic carbocycles. The molecular formula is C17H17N3O2S. The van der Waals surface area contributed by atoms with E-state index in [1.165, 1.54) is 0 Å². The quantitative estimate of drug-likeness (QED) is 0.697. The third-order valence-electron chi connectivity index (χ3n) is 3.43. The van der Waals surface area contributed by atoms with Gasteiger partial charge in [-0.1, -0.05) is 6.58 Å². The first-order valence-electron chi connectivity index (χ1n) is 7.10. The van der Waals surface area contributed by atoms with Crippen LogP contribution in [-0.4, -0.2) is 15.1 Å². The molecule has 0 unspecified atom stereocenters. The van der Waals surface area contributed by atoms with E-state index in [0.717, 1.165) is 27.0 Å². The van der Waals surface area contributed by atoms with Gasteiger partial charge in [-0.15, -0.1) is 11.3 Å². The third-order valence-corrected chi connectivity index (χ3v) is 4.43. The van der Waals surface area contributed by atoms with Gasteiger partial charge in [0.25, 0.3) is 0 Å². The SMILES string of the molecule is C=C(O)Cc1csc2cc(OCc3cnc(C)nc3N)ccc12. The van der Waals surface area contributed by atoms with Crippen molar-refractivity contribution < 1.29 is 9.84 Å². The number of aromatic nitrogens is 2. The van der Waals surface area contributed by atoms with Crippen LogP contribution in [0.5, 0.6) is 5.75 Å². The first kappa shape index (κ1) is 15.3. The maximum atomic E-state index is 9.36. The van der Waals surface area contributed by atoms with Gasteiger partial charge in [0.15, 0.2) is 0 Å². The molecule has 23 heavy (non-hydrogen) atoms. The maximum absolute atomic E-state index is 9.36. The van der Waals surface area contributed by atoms with Crippen molar-refractivity contribution in [1.82, 2.24) is 9.97 Å². The number of rotatable bonds is 5. The summed E-state index contributed by atoms with van der Waals surface area (Å²) in [6.07, 6.45) is 2.16. The predicted octanol–water partition coefficient (Wildman–Crippen LogP) is 3.78. The zero-order chi connectivity index (χ0) is 16.4. The summed E-state index contributed by atoms with van der Waals surface area (Å²) in [4.78, 5) is 8.26. The number of nitrogens with two attached hydrogens (primary N) is 1. The molecule has 3 aromatic rings. The van der Waals surface area contributed by atoms with Crippen LogP contribution in [0, 0.1) is 6.92 Å². The van der Waals surface area contributed by atoms with Crippen LogP contribution >= 0.6 is 11.3 Å². The zero-order valence-electron chi connectivity index (χ0n) is 12.7. The molecule has 0 saturated carbocycles. The molecule has 3 rings (SSSR count). The average Bonchev–Trinajstić information content (AvgIpc) is 2.88. The van der Waals surface area contributed by atoms with Crippen LogP contribution in [-0.2, 0) is 13.0 Å². The highest BCUT2D eigenvalue weighted by molar-refractivity contribution is 7.17. The smallest absolute Gasteiger partial charge is 0.133 e. The molecule has 2 heterocycles. The number of anilines is 1. The van der Waals surface area contributed by atoms with Crippen molar-refractivity contribution in [3.8, 4) is 5.75 Å². The van der Waals surface area contributed by atoms with Crippen LogP contribution in [0.2, 0.25) is 0 Å². The summed E-state index contributed by atoms with van der Waals surface area (Å²) >= 11 is 1.62. The maximum Gasteiger partial charge on any atom is 0.133 e. The molecule has 0 aliphatic rings. The van der Waals surface area contributed by atoms with Crippen LogP contribution in [0.25, 0.3) is 10.1 Å². The molecule has 1 aromatic carbocycles. The summed E-state index contributed by atoms with van der Waals surface area (Å²) in [6.45, 7) is 5.66. The lowest BCUT2D eigenvalue weighted by atomic mass is 10.1. The minimum absolute atomic E-state index is 0.167. The Kier molecular flexibility index (Phi) is 4.16. The summed E-state index contributed by atoms with van der Waals surface area (Å²) in [5, 5.41) is 12.5. The Hall–Kier alpha value is -2.60. The number of hydrogen-bond acceptors (Lipinski definition) is 6. The second kappa shape index (κ2) is 6.26. The Labute approximate surface area is 138 Å². The van der Waals surface area contributed by atoms with Crippen molar-refractivity contribution in [2.75, 3.05) is 5.73 Å². The van der Waals surface area contributed by atoms with E-state index in [2.05, 4.69) is 16.5 Å². The second-order valence-corrected chi connectivity index (χ2v) is 6.19. The number of benzene rings is 1. The number of aliphatic hydroxyl groups excluding tert-OH is 1. The molecule has 0 fully saturated rings. The fourth-order valence-corrected chi connectivity index (χ4v) is 3.28. The van der Waals surface area contributed by atoms with E-state index in [1.54, 1.807) is 24.5 Å². The number of ether oxygens (including phenoxy) is 1. The summed E-state index contributed by atoms with van der Waals surface area (Å²) in [7, 11) is 0. The summed E-state index contributed by atoms with van der Waals surface area (Å²) in [5.74, 6) is 2.01. The first-order valence-corrected chi connectivity index (χ1v) is 7.98. The summed E-state index contributed by atoms with van der Waals surface area (Å²) < 4.78 is 6.89. The van der Waals surface area contributed by atoms with E-state index in [-0.39, 0.29) is 5.76 Å². The highest BCUT2D eigenvalue weighted by atomic mass is 32.1. The second-order valence-electron chi connectivity index (χ2n) is 5.28. The molecule has 2 aromatic heterocycles. The van der Waals surface area contributed by atoms with Gasteiger partial charge in [0.2, 0.25) is 0 Å². The van der Waals surface area contributed by atoms with Crippen LogP contribution in [0.3, 0.4) is 0 Å². The van der Waals surface area contributed by atoms with Crippen molar-refractivity contribution in [2.45, 2.75) is 20.0 Å². The van der Waals surface area contributed by atoms with E-state index in [0.29, 0.717) is 24.7 Å². The van der Waals surface area contributed by atoms with Gasteiger partial charge in [-0.05, 0) is 41.5 Å². The van der Waals surface area contributed by atoms with Crippen molar-refractivity contribution in [1.29, 1.82) is 0 Å². The number of aryl methyl sites for hydroxylation is 1.